The third kappa shape index (κ3) is 12.3. The van der Waals surface area contributed by atoms with Gasteiger partial charge in [0.15, 0.2) is 17.9 Å². The Labute approximate surface area is 482 Å². The third-order valence-corrected chi connectivity index (χ3v) is 16.8. The SMILES string of the molecule is CC1(C)C(/C=C/C2=C(Cl)C(=C/C=C3/N(CCCCCC(=O)Nc4ccn(C5OC(CO)C(O)C5(F)F)c(=O)n4)c4ccccc4C3(C)C)/CCC2)=[N+](CCCCCC(=O)Nc2ccn(C3OC(CO)C(O)C3(F)F)c(=O)n2)c2ccccc21. The summed E-state index contributed by atoms with van der Waals surface area (Å²) in [4.78, 5) is 61.0. The van der Waals surface area contributed by atoms with E-state index in [0.717, 1.165) is 83.5 Å². The van der Waals surface area contributed by atoms with Crippen molar-refractivity contribution in [1.29, 1.82) is 0 Å². The average molecular weight is 1170 g/mol. The molecule has 9 rings (SSSR count). The van der Waals surface area contributed by atoms with E-state index in [1.165, 1.54) is 23.3 Å². The molecule has 2 aromatic heterocycles. The van der Waals surface area contributed by atoms with Crippen molar-refractivity contribution in [3.05, 3.63) is 151 Å². The van der Waals surface area contributed by atoms with Crippen LogP contribution in [-0.2, 0) is 29.9 Å². The lowest BCUT2D eigenvalue weighted by molar-refractivity contribution is -0.438. The molecule has 444 valence electrons. The van der Waals surface area contributed by atoms with E-state index in [4.69, 9.17) is 21.1 Å². The zero-order valence-electron chi connectivity index (χ0n) is 46.6. The summed E-state index contributed by atoms with van der Waals surface area (Å²) in [6.45, 7) is 8.45. The van der Waals surface area contributed by atoms with E-state index in [-0.39, 0.29) is 35.3 Å². The molecule has 2 fully saturated rings. The standard InChI is InChI=1S/C60H69ClF4N8O10/c1-57(2)38-18-9-11-20-40(38)70(30-13-5-7-22-48(76)66-46-28-32-72(55(80)68-46)53-59(62,63)51(78)42(34-74)82-53)44(57)26-24-36-16-15-17-37(50(36)61)25-27-45-58(3,4)39-19-10-12-21-41(39)71(45)31-14-6-8-23-49(77)67-47-29-33-73(56(81)69-47)54-60(64,65)52(79)43(35-75)83-54/h9-12,18-21,24-29,32-33,42-43,51-54,74-75,78-79H,5-8,13-17,22-23,30-31,34-35H2,1-4H3,(H-,66,67,68,69,76,77,80,81)/p+1. The minimum atomic E-state index is -3.86. The third-order valence-electron chi connectivity index (χ3n) is 16.3. The van der Waals surface area contributed by atoms with E-state index >= 15 is 0 Å². The number of ether oxygens (including phenoxy) is 2. The van der Waals surface area contributed by atoms with Gasteiger partial charge in [0.25, 0.3) is 0 Å². The molecule has 18 nitrogen and oxygen atoms in total. The van der Waals surface area contributed by atoms with E-state index in [1.807, 2.05) is 24.3 Å². The van der Waals surface area contributed by atoms with Gasteiger partial charge in [-0.1, -0.05) is 80.4 Å². The Morgan fingerprint density at radius 1 is 0.711 bits per heavy atom. The maximum absolute atomic E-state index is 14.7. The molecule has 6 atom stereocenters. The monoisotopic (exact) mass is 1170 g/mol. The molecule has 6 N–H and O–H groups in total. The van der Waals surface area contributed by atoms with Crippen LogP contribution in [0.4, 0.5) is 40.6 Å². The molecular formula is C60H70ClF4N8O10+. The van der Waals surface area contributed by atoms with Gasteiger partial charge in [-0.15, -0.1) is 0 Å². The molecule has 83 heavy (non-hydrogen) atoms. The van der Waals surface area contributed by atoms with E-state index < -0.39 is 85.1 Å². The van der Waals surface area contributed by atoms with Crippen LogP contribution in [-0.4, -0.2) is 124 Å². The van der Waals surface area contributed by atoms with Crippen molar-refractivity contribution in [3.63, 3.8) is 0 Å². The highest BCUT2D eigenvalue weighted by Crippen LogP contribution is 2.49. The van der Waals surface area contributed by atoms with Crippen LogP contribution in [0, 0.1) is 0 Å². The number of benzene rings is 2. The fraction of sp³-hybridized carbons (Fsp3) is 0.483. The largest absolute Gasteiger partial charge is 0.394 e. The molecule has 5 aliphatic rings. The number of hydrogen-bond donors (Lipinski definition) is 6. The first kappa shape index (κ1) is 60.9. The smallest absolute Gasteiger partial charge is 0.351 e. The van der Waals surface area contributed by atoms with Crippen molar-refractivity contribution >= 4 is 52.1 Å². The first-order valence-electron chi connectivity index (χ1n) is 28.0. The summed E-state index contributed by atoms with van der Waals surface area (Å²) >= 11 is 7.33. The first-order chi connectivity index (χ1) is 39.5. The van der Waals surface area contributed by atoms with Crippen LogP contribution in [0.1, 0.15) is 122 Å². The van der Waals surface area contributed by atoms with Crippen molar-refractivity contribution in [2.45, 2.75) is 158 Å². The van der Waals surface area contributed by atoms with Crippen LogP contribution in [0.5, 0.6) is 0 Å². The number of carbonyl (C=O) groups excluding carboxylic acids is 2. The molecule has 0 spiro atoms. The van der Waals surface area contributed by atoms with Crippen LogP contribution in [0.2, 0.25) is 0 Å². The van der Waals surface area contributed by atoms with Gasteiger partial charge in [-0.25, -0.2) is 9.59 Å². The quantitative estimate of drug-likeness (QED) is 0.0263. The number of nitrogens with one attached hydrogen (secondary N) is 2. The summed E-state index contributed by atoms with van der Waals surface area (Å²) in [6.07, 6.45) is 5.27. The van der Waals surface area contributed by atoms with Crippen molar-refractivity contribution in [3.8, 4) is 0 Å². The predicted molar refractivity (Wildman–Crippen MR) is 303 cm³/mol. The number of hydrogen-bond acceptors (Lipinski definition) is 13. The number of carbonyl (C=O) groups is 2. The molecule has 1 aliphatic carbocycles. The van der Waals surface area contributed by atoms with Gasteiger partial charge in [0.1, 0.15) is 30.4 Å². The maximum atomic E-state index is 14.7. The number of fused-ring (bicyclic) bond motifs is 2. The van der Waals surface area contributed by atoms with Gasteiger partial charge in [-0.2, -0.15) is 32.1 Å². The fourth-order valence-electron chi connectivity index (χ4n) is 11.8. The molecule has 0 radical (unpaired) electrons. The van der Waals surface area contributed by atoms with E-state index in [9.17, 15) is 57.2 Å². The lowest BCUT2D eigenvalue weighted by atomic mass is 9.81. The number of aliphatic hydroxyl groups excluding tert-OH is 4. The molecule has 2 amide bonds. The normalized spacial score (nSPS) is 25.0. The topological polar surface area (TPSA) is 234 Å². The molecule has 2 aromatic carbocycles. The Morgan fingerprint density at radius 2 is 1.25 bits per heavy atom. The number of amides is 2. The van der Waals surface area contributed by atoms with E-state index in [0.29, 0.717) is 47.9 Å². The minimum Gasteiger partial charge on any atom is -0.394 e. The van der Waals surface area contributed by atoms with Crippen LogP contribution in [0.3, 0.4) is 0 Å². The number of alkyl halides is 4. The van der Waals surface area contributed by atoms with Crippen molar-refractivity contribution in [2.24, 2.45) is 0 Å². The van der Waals surface area contributed by atoms with Crippen molar-refractivity contribution in [1.82, 2.24) is 19.1 Å². The second kappa shape index (κ2) is 24.9. The summed E-state index contributed by atoms with van der Waals surface area (Å²) in [7, 11) is 0. The highest BCUT2D eigenvalue weighted by molar-refractivity contribution is 6.32. The molecule has 4 aliphatic heterocycles. The number of unbranched alkanes of at least 4 members (excludes halogenated alkanes) is 4. The molecule has 2 saturated heterocycles. The summed E-state index contributed by atoms with van der Waals surface area (Å²) in [5.74, 6) is -8.75. The van der Waals surface area contributed by atoms with Gasteiger partial charge in [0, 0.05) is 77.7 Å². The molecule has 23 heteroatoms. The second-order valence-electron chi connectivity index (χ2n) is 22.6. The average Bonchev–Trinajstić information content (AvgIpc) is 4.25. The van der Waals surface area contributed by atoms with E-state index in [1.54, 1.807) is 0 Å². The Balaban J connectivity index is 0.814. The number of aromatic nitrogens is 4. The molecule has 6 heterocycles. The Kier molecular flexibility index (Phi) is 18.3. The minimum absolute atomic E-state index is 0.115. The molecule has 0 bridgehead atoms. The zero-order chi connectivity index (χ0) is 59.6. The van der Waals surface area contributed by atoms with Gasteiger partial charge < -0.3 is 45.4 Å². The highest BCUT2D eigenvalue weighted by Gasteiger charge is 2.60. The number of rotatable bonds is 21. The van der Waals surface area contributed by atoms with Crippen LogP contribution < -0.4 is 26.9 Å². The lowest BCUT2D eigenvalue weighted by Crippen LogP contribution is -2.41. The van der Waals surface area contributed by atoms with E-state index in [2.05, 4.69) is 106 Å². The fourth-order valence-corrected chi connectivity index (χ4v) is 12.1. The Morgan fingerprint density at radius 3 is 1.81 bits per heavy atom. The molecule has 6 unspecified atom stereocenters. The number of aliphatic hydroxyl groups is 4. The Bertz CT molecular complexity index is 3390. The summed E-state index contributed by atoms with van der Waals surface area (Å²) < 4.78 is 72.1. The summed E-state index contributed by atoms with van der Waals surface area (Å²) in [5.41, 5.74) is 6.00. The Hall–Kier alpha value is -6.66. The summed E-state index contributed by atoms with van der Waals surface area (Å²) in [5, 5.41) is 44.2. The molecule has 0 saturated carbocycles. The van der Waals surface area contributed by atoms with Gasteiger partial charge in [0.05, 0.1) is 18.6 Å². The molecular weight excluding hydrogens is 1100 g/mol. The predicted octanol–water partition coefficient (Wildman–Crippen LogP) is 8.19. The van der Waals surface area contributed by atoms with Crippen LogP contribution in [0.25, 0.3) is 0 Å². The van der Waals surface area contributed by atoms with Gasteiger partial charge in [-0.3, -0.25) is 18.7 Å². The van der Waals surface area contributed by atoms with Crippen molar-refractivity contribution in [2.75, 3.05) is 41.8 Å². The first-order valence-corrected chi connectivity index (χ1v) is 28.4. The number of halogens is 5. The van der Waals surface area contributed by atoms with Gasteiger partial charge in [0.2, 0.25) is 30.0 Å². The zero-order valence-corrected chi connectivity index (χ0v) is 47.4. The number of allylic oxidation sites excluding steroid dienone is 8. The molecule has 4 aromatic rings. The van der Waals surface area contributed by atoms with Gasteiger partial charge in [-0.05, 0) is 99.8 Å². The van der Waals surface area contributed by atoms with Crippen molar-refractivity contribution < 1.29 is 61.6 Å². The van der Waals surface area contributed by atoms with Crippen LogP contribution in [0.15, 0.2) is 129 Å². The lowest BCUT2D eigenvalue weighted by Gasteiger charge is -2.27. The summed E-state index contributed by atoms with van der Waals surface area (Å²) in [6, 6.07) is 19.0. The highest BCUT2D eigenvalue weighted by atomic mass is 35.5. The maximum Gasteiger partial charge on any atom is 0.351 e. The number of para-hydroxylation sites is 2. The number of anilines is 3. The number of nitrogens with zero attached hydrogens (tertiary/aromatic N) is 6. The second-order valence-corrected chi connectivity index (χ2v) is 23.0. The van der Waals surface area contributed by atoms with Gasteiger partial charge >= 0.3 is 23.2 Å². The van der Waals surface area contributed by atoms with Crippen LogP contribution >= 0.6 is 11.6 Å².